The zero-order valence-corrected chi connectivity index (χ0v) is 19.6. The first-order valence-electron chi connectivity index (χ1n) is 11.1. The Morgan fingerprint density at radius 3 is 2.60 bits per heavy atom. The van der Waals surface area contributed by atoms with E-state index in [4.69, 9.17) is 0 Å². The second-order valence-electron chi connectivity index (χ2n) is 8.12. The maximum atomic E-state index is 13.6. The predicted octanol–water partition coefficient (Wildman–Crippen LogP) is 4.16. The standard InChI is InChI=1S/C26H21FN4O3S/c1-2-16-5-3-6-19(13-16)29-21(32)15-30-22-20-7-4-12-28-24(20)35-23(22)25(33)31(26(30)34)14-17-8-10-18(27)11-9-17/h3-13H,2,14-15H2,1H3,(H,29,32). The summed E-state index contributed by atoms with van der Waals surface area (Å²) >= 11 is 1.18. The third kappa shape index (κ3) is 4.38. The smallest absolute Gasteiger partial charge is 0.325 e. The molecule has 35 heavy (non-hydrogen) atoms. The third-order valence-corrected chi connectivity index (χ3v) is 6.88. The first-order valence-corrected chi connectivity index (χ1v) is 11.9. The molecule has 3 aromatic heterocycles. The molecule has 1 amide bonds. The first kappa shape index (κ1) is 22.7. The monoisotopic (exact) mass is 488 g/mol. The lowest BCUT2D eigenvalue weighted by Gasteiger charge is -2.13. The van der Waals surface area contributed by atoms with E-state index in [2.05, 4.69) is 10.3 Å². The Kier molecular flexibility index (Phi) is 6.00. The molecule has 5 rings (SSSR count). The van der Waals surface area contributed by atoms with Gasteiger partial charge in [0.05, 0.1) is 12.1 Å². The van der Waals surface area contributed by atoms with Crippen molar-refractivity contribution >= 4 is 43.4 Å². The molecule has 0 aliphatic rings. The number of pyridine rings is 1. The highest BCUT2D eigenvalue weighted by Gasteiger charge is 2.20. The summed E-state index contributed by atoms with van der Waals surface area (Å²) in [6.07, 6.45) is 2.44. The number of hydrogen-bond acceptors (Lipinski definition) is 5. The molecule has 0 saturated carbocycles. The highest BCUT2D eigenvalue weighted by molar-refractivity contribution is 7.25. The largest absolute Gasteiger partial charge is 0.332 e. The predicted molar refractivity (Wildman–Crippen MR) is 136 cm³/mol. The van der Waals surface area contributed by atoms with Crippen molar-refractivity contribution in [1.29, 1.82) is 0 Å². The normalized spacial score (nSPS) is 11.3. The molecule has 0 atom stereocenters. The fourth-order valence-corrected chi connectivity index (χ4v) is 5.15. The van der Waals surface area contributed by atoms with E-state index in [1.165, 1.54) is 40.2 Å². The molecule has 0 aliphatic carbocycles. The Balaban J connectivity index is 1.62. The topological polar surface area (TPSA) is 86.0 Å². The number of aromatic nitrogens is 3. The van der Waals surface area contributed by atoms with Crippen LogP contribution in [0.25, 0.3) is 20.4 Å². The van der Waals surface area contributed by atoms with E-state index < -0.39 is 23.0 Å². The Labute approximate surface area is 203 Å². The number of rotatable bonds is 6. The number of carbonyl (C=O) groups is 1. The molecule has 176 valence electrons. The van der Waals surface area contributed by atoms with Gasteiger partial charge in [0, 0.05) is 17.3 Å². The van der Waals surface area contributed by atoms with Gasteiger partial charge in [-0.15, -0.1) is 11.3 Å². The maximum absolute atomic E-state index is 13.6. The zero-order chi connectivity index (χ0) is 24.5. The summed E-state index contributed by atoms with van der Waals surface area (Å²) in [4.78, 5) is 44.9. The third-order valence-electron chi connectivity index (χ3n) is 5.79. The number of benzene rings is 2. The van der Waals surface area contributed by atoms with Crippen LogP contribution in [-0.2, 0) is 24.3 Å². The van der Waals surface area contributed by atoms with Gasteiger partial charge in [0.25, 0.3) is 5.56 Å². The van der Waals surface area contributed by atoms with E-state index >= 15 is 0 Å². The van der Waals surface area contributed by atoms with Crippen molar-refractivity contribution in [2.24, 2.45) is 0 Å². The van der Waals surface area contributed by atoms with Crippen LogP contribution in [0, 0.1) is 5.82 Å². The fraction of sp³-hybridized carbons (Fsp3) is 0.154. The zero-order valence-electron chi connectivity index (χ0n) is 18.8. The van der Waals surface area contributed by atoms with Crippen LogP contribution in [0.15, 0.2) is 76.4 Å². The van der Waals surface area contributed by atoms with Gasteiger partial charge in [-0.1, -0.05) is 31.2 Å². The van der Waals surface area contributed by atoms with Gasteiger partial charge in [0.15, 0.2) is 0 Å². The van der Waals surface area contributed by atoms with Crippen LogP contribution in [-0.4, -0.2) is 20.0 Å². The van der Waals surface area contributed by atoms with Gasteiger partial charge in [-0.05, 0) is 53.9 Å². The molecular weight excluding hydrogens is 467 g/mol. The molecule has 0 radical (unpaired) electrons. The molecule has 7 nitrogen and oxygen atoms in total. The fourth-order valence-electron chi connectivity index (χ4n) is 4.06. The van der Waals surface area contributed by atoms with Gasteiger partial charge in [-0.3, -0.25) is 18.7 Å². The number of fused-ring (bicyclic) bond motifs is 3. The number of aryl methyl sites for hydroxylation is 1. The number of anilines is 1. The van der Waals surface area contributed by atoms with Gasteiger partial charge < -0.3 is 5.32 Å². The van der Waals surface area contributed by atoms with Crippen molar-refractivity contribution in [1.82, 2.24) is 14.1 Å². The van der Waals surface area contributed by atoms with Crippen molar-refractivity contribution in [3.63, 3.8) is 0 Å². The Morgan fingerprint density at radius 1 is 1.03 bits per heavy atom. The Bertz CT molecular complexity index is 1690. The maximum Gasteiger partial charge on any atom is 0.332 e. The molecule has 0 saturated heterocycles. The Morgan fingerprint density at radius 2 is 1.83 bits per heavy atom. The van der Waals surface area contributed by atoms with Gasteiger partial charge in [0.1, 0.15) is 21.9 Å². The lowest BCUT2D eigenvalue weighted by molar-refractivity contribution is -0.116. The van der Waals surface area contributed by atoms with Gasteiger partial charge >= 0.3 is 5.69 Å². The average Bonchev–Trinajstić information content (AvgIpc) is 3.25. The van der Waals surface area contributed by atoms with Gasteiger partial charge in [-0.2, -0.15) is 0 Å². The first-order chi connectivity index (χ1) is 16.9. The van der Waals surface area contributed by atoms with E-state index in [1.807, 2.05) is 25.1 Å². The molecule has 0 bridgehead atoms. The lowest BCUT2D eigenvalue weighted by Crippen LogP contribution is -2.41. The summed E-state index contributed by atoms with van der Waals surface area (Å²) in [5.74, 6) is -0.801. The minimum Gasteiger partial charge on any atom is -0.325 e. The number of halogens is 1. The number of nitrogens with zero attached hydrogens (tertiary/aromatic N) is 3. The van der Waals surface area contributed by atoms with Crippen LogP contribution in [0.2, 0.25) is 0 Å². The Hall–Kier alpha value is -4.11. The molecule has 9 heteroatoms. The number of hydrogen-bond donors (Lipinski definition) is 1. The van der Waals surface area contributed by atoms with E-state index in [1.54, 1.807) is 24.4 Å². The molecular formula is C26H21FN4O3S. The molecule has 1 N–H and O–H groups in total. The summed E-state index contributed by atoms with van der Waals surface area (Å²) in [6, 6.07) is 16.6. The molecule has 0 aliphatic heterocycles. The van der Waals surface area contributed by atoms with Crippen LogP contribution in [0.3, 0.4) is 0 Å². The van der Waals surface area contributed by atoms with Crippen molar-refractivity contribution in [2.75, 3.05) is 5.32 Å². The van der Waals surface area contributed by atoms with Crippen molar-refractivity contribution in [3.8, 4) is 0 Å². The van der Waals surface area contributed by atoms with Gasteiger partial charge in [0.2, 0.25) is 5.91 Å². The summed E-state index contributed by atoms with van der Waals surface area (Å²) in [5, 5.41) is 3.48. The quantitative estimate of drug-likeness (QED) is 0.389. The molecule has 2 aromatic carbocycles. The molecule has 0 spiro atoms. The summed E-state index contributed by atoms with van der Waals surface area (Å²) in [7, 11) is 0. The number of nitrogens with one attached hydrogen (secondary N) is 1. The van der Waals surface area contributed by atoms with E-state index in [-0.39, 0.29) is 13.1 Å². The summed E-state index contributed by atoms with van der Waals surface area (Å²) in [5.41, 5.74) is 1.61. The van der Waals surface area contributed by atoms with Crippen molar-refractivity contribution in [2.45, 2.75) is 26.4 Å². The molecule has 3 heterocycles. The van der Waals surface area contributed by atoms with Crippen LogP contribution in [0.1, 0.15) is 18.1 Å². The molecule has 5 aromatic rings. The SMILES string of the molecule is CCc1cccc(NC(=O)Cn2c(=O)n(Cc3ccc(F)cc3)c(=O)c3sc4ncccc4c32)c1. The van der Waals surface area contributed by atoms with Crippen LogP contribution in [0.5, 0.6) is 0 Å². The van der Waals surface area contributed by atoms with E-state index in [0.717, 1.165) is 16.6 Å². The molecule has 0 unspecified atom stereocenters. The van der Waals surface area contributed by atoms with Crippen molar-refractivity contribution in [3.05, 3.63) is 105 Å². The lowest BCUT2D eigenvalue weighted by atomic mass is 10.1. The highest BCUT2D eigenvalue weighted by atomic mass is 32.1. The van der Waals surface area contributed by atoms with Crippen LogP contribution >= 0.6 is 11.3 Å². The van der Waals surface area contributed by atoms with Crippen LogP contribution < -0.4 is 16.6 Å². The summed E-state index contributed by atoms with van der Waals surface area (Å²) in [6.45, 7) is 1.70. The molecule has 0 fully saturated rings. The van der Waals surface area contributed by atoms with Gasteiger partial charge in [-0.25, -0.2) is 14.2 Å². The average molecular weight is 489 g/mol. The second-order valence-corrected chi connectivity index (χ2v) is 9.12. The highest BCUT2D eigenvalue weighted by Crippen LogP contribution is 2.29. The number of carbonyl (C=O) groups excluding carboxylic acids is 1. The van der Waals surface area contributed by atoms with Crippen LogP contribution in [0.4, 0.5) is 10.1 Å². The minimum atomic E-state index is -0.618. The van der Waals surface area contributed by atoms with E-state index in [0.29, 0.717) is 31.7 Å². The number of thiophene rings is 1. The minimum absolute atomic E-state index is 0.0459. The van der Waals surface area contributed by atoms with Crippen molar-refractivity contribution < 1.29 is 9.18 Å². The second kappa shape index (κ2) is 9.27. The van der Waals surface area contributed by atoms with E-state index in [9.17, 15) is 18.8 Å². The number of amides is 1. The summed E-state index contributed by atoms with van der Waals surface area (Å²) < 4.78 is 16.1.